The summed E-state index contributed by atoms with van der Waals surface area (Å²) >= 11 is 0. The second-order valence-electron chi connectivity index (χ2n) is 6.62. The summed E-state index contributed by atoms with van der Waals surface area (Å²) in [5, 5.41) is 0. The average Bonchev–Trinajstić information content (AvgIpc) is 2.80. The third kappa shape index (κ3) is 6.69. The molecule has 0 fully saturated rings. The minimum absolute atomic E-state index is 0.151. The number of esters is 2. The van der Waals surface area contributed by atoms with E-state index in [-0.39, 0.29) is 17.9 Å². The quantitative estimate of drug-likeness (QED) is 0.276. The van der Waals surface area contributed by atoms with Gasteiger partial charge in [-0.25, -0.2) is 9.59 Å². The maximum absolute atomic E-state index is 12.5. The molecule has 0 heterocycles. The molecule has 31 heavy (non-hydrogen) atoms. The number of hydrogen-bond acceptors (Lipinski definition) is 6. The maximum Gasteiger partial charge on any atom is 0.343 e. The molecule has 0 atom stereocenters. The molecule has 3 aromatic rings. The van der Waals surface area contributed by atoms with Crippen LogP contribution in [-0.2, 0) is 15.9 Å². The molecule has 0 aliphatic heterocycles. The summed E-state index contributed by atoms with van der Waals surface area (Å²) in [5.41, 5.74) is 1.61. The van der Waals surface area contributed by atoms with Crippen molar-refractivity contribution in [3.8, 4) is 11.5 Å². The van der Waals surface area contributed by atoms with Crippen LogP contribution in [0.4, 0.5) is 0 Å². The molecule has 6 heteroatoms. The molecule has 0 saturated heterocycles. The first-order chi connectivity index (χ1) is 15.2. The normalized spacial score (nSPS) is 10.4. The monoisotopic (exact) mass is 420 g/mol. The summed E-state index contributed by atoms with van der Waals surface area (Å²) in [5.74, 6) is -0.345. The second kappa shape index (κ2) is 11.5. The molecule has 160 valence electrons. The van der Waals surface area contributed by atoms with Crippen molar-refractivity contribution in [1.29, 1.82) is 0 Å². The molecule has 0 saturated carbocycles. The molecule has 3 rings (SSSR count). The Morgan fingerprint density at radius 2 is 1.45 bits per heavy atom. The van der Waals surface area contributed by atoms with Gasteiger partial charge in [-0.2, -0.15) is 0 Å². The van der Waals surface area contributed by atoms with Crippen molar-refractivity contribution in [2.45, 2.75) is 6.42 Å². The topological polar surface area (TPSA) is 71.1 Å². The molecular weight excluding hydrogens is 396 g/mol. The van der Waals surface area contributed by atoms with E-state index in [1.165, 1.54) is 0 Å². The number of carbonyl (C=O) groups excluding carboxylic acids is 2. The smallest absolute Gasteiger partial charge is 0.343 e. The summed E-state index contributed by atoms with van der Waals surface area (Å²) in [7, 11) is 1.60. The van der Waals surface area contributed by atoms with Crippen molar-refractivity contribution in [3.63, 3.8) is 0 Å². The van der Waals surface area contributed by atoms with Crippen LogP contribution in [0.5, 0.6) is 11.5 Å². The van der Waals surface area contributed by atoms with Gasteiger partial charge in [0.25, 0.3) is 0 Å². The number of hydrogen-bond donors (Lipinski definition) is 0. The van der Waals surface area contributed by atoms with Gasteiger partial charge in [0.1, 0.15) is 23.7 Å². The number of carbonyl (C=O) groups is 2. The Morgan fingerprint density at radius 3 is 2.19 bits per heavy atom. The molecule has 0 spiro atoms. The van der Waals surface area contributed by atoms with Crippen LogP contribution in [0.25, 0.3) is 0 Å². The van der Waals surface area contributed by atoms with Crippen LogP contribution in [0.3, 0.4) is 0 Å². The number of para-hydroxylation sites is 1. The highest BCUT2D eigenvalue weighted by Crippen LogP contribution is 2.21. The van der Waals surface area contributed by atoms with E-state index in [0.29, 0.717) is 30.9 Å². The minimum atomic E-state index is -0.576. The predicted molar refractivity (Wildman–Crippen MR) is 116 cm³/mol. The summed E-state index contributed by atoms with van der Waals surface area (Å²) in [6.07, 6.45) is 0.604. The first kappa shape index (κ1) is 22.1. The number of benzene rings is 3. The molecule has 0 radical (unpaired) electrons. The first-order valence-electron chi connectivity index (χ1n) is 9.91. The van der Waals surface area contributed by atoms with Gasteiger partial charge in [0.15, 0.2) is 0 Å². The number of rotatable bonds is 10. The van der Waals surface area contributed by atoms with Crippen LogP contribution < -0.4 is 9.47 Å². The maximum atomic E-state index is 12.5. The van der Waals surface area contributed by atoms with Crippen molar-refractivity contribution in [2.75, 3.05) is 26.9 Å². The zero-order valence-corrected chi connectivity index (χ0v) is 17.3. The molecule has 6 nitrogen and oxygen atoms in total. The largest absolute Gasteiger partial charge is 0.491 e. The summed E-state index contributed by atoms with van der Waals surface area (Å²) in [4.78, 5) is 25.0. The highest BCUT2D eigenvalue weighted by atomic mass is 16.5. The van der Waals surface area contributed by atoms with E-state index < -0.39 is 11.9 Å². The van der Waals surface area contributed by atoms with Gasteiger partial charge in [0.05, 0.1) is 18.8 Å². The highest BCUT2D eigenvalue weighted by Gasteiger charge is 2.17. The summed E-state index contributed by atoms with van der Waals surface area (Å²) in [6, 6.07) is 22.8. The van der Waals surface area contributed by atoms with E-state index in [1.807, 2.05) is 30.3 Å². The fourth-order valence-corrected chi connectivity index (χ4v) is 2.80. The third-order valence-electron chi connectivity index (χ3n) is 4.42. The minimum Gasteiger partial charge on any atom is -0.491 e. The van der Waals surface area contributed by atoms with Crippen LogP contribution in [0, 0.1) is 0 Å². The van der Waals surface area contributed by atoms with Gasteiger partial charge in [-0.15, -0.1) is 0 Å². The van der Waals surface area contributed by atoms with E-state index >= 15 is 0 Å². The van der Waals surface area contributed by atoms with Crippen LogP contribution in [0.1, 0.15) is 26.3 Å². The van der Waals surface area contributed by atoms with Gasteiger partial charge in [-0.05, 0) is 42.0 Å². The Hall–Kier alpha value is -3.64. The van der Waals surface area contributed by atoms with E-state index in [1.54, 1.807) is 55.6 Å². The van der Waals surface area contributed by atoms with Crippen molar-refractivity contribution >= 4 is 11.9 Å². The Labute approximate surface area is 181 Å². The van der Waals surface area contributed by atoms with E-state index in [0.717, 1.165) is 5.56 Å². The predicted octanol–water partition coefficient (Wildman–Crippen LogP) is 4.33. The third-order valence-corrected chi connectivity index (χ3v) is 4.42. The molecule has 0 bridgehead atoms. The molecule has 0 aliphatic carbocycles. The summed E-state index contributed by atoms with van der Waals surface area (Å²) in [6.45, 7) is 1.12. The average molecular weight is 420 g/mol. The fraction of sp³-hybridized carbons (Fsp3) is 0.200. The van der Waals surface area contributed by atoms with Crippen LogP contribution >= 0.6 is 0 Å². The van der Waals surface area contributed by atoms with E-state index in [9.17, 15) is 9.59 Å². The van der Waals surface area contributed by atoms with Gasteiger partial charge in [-0.1, -0.05) is 42.5 Å². The fourth-order valence-electron chi connectivity index (χ4n) is 2.80. The van der Waals surface area contributed by atoms with E-state index in [2.05, 4.69) is 0 Å². The van der Waals surface area contributed by atoms with Crippen molar-refractivity contribution in [3.05, 3.63) is 95.6 Å². The Morgan fingerprint density at radius 1 is 0.742 bits per heavy atom. The molecule has 0 unspecified atom stereocenters. The zero-order chi connectivity index (χ0) is 21.9. The van der Waals surface area contributed by atoms with Crippen LogP contribution in [0.2, 0.25) is 0 Å². The molecule has 3 aromatic carbocycles. The molecule has 0 aliphatic rings. The molecule has 0 amide bonds. The lowest BCUT2D eigenvalue weighted by Gasteiger charge is -2.11. The van der Waals surface area contributed by atoms with Crippen LogP contribution in [0.15, 0.2) is 78.9 Å². The second-order valence-corrected chi connectivity index (χ2v) is 6.62. The van der Waals surface area contributed by atoms with Gasteiger partial charge >= 0.3 is 11.9 Å². The lowest BCUT2D eigenvalue weighted by molar-refractivity contribution is 0.0504. The van der Waals surface area contributed by atoms with E-state index in [4.69, 9.17) is 18.9 Å². The lowest BCUT2D eigenvalue weighted by Crippen LogP contribution is -2.14. The first-order valence-corrected chi connectivity index (χ1v) is 9.91. The highest BCUT2D eigenvalue weighted by molar-refractivity contribution is 5.96. The van der Waals surface area contributed by atoms with Crippen LogP contribution in [-0.4, -0.2) is 38.9 Å². The standard InChI is InChI=1S/C25H24O6/c1-28-17-18-29-21-13-11-20(12-14-21)24(26)31-23-10-6-5-9-22(23)25(27)30-16-15-19-7-3-2-4-8-19/h2-14H,15-18H2,1H3. The number of ether oxygens (including phenoxy) is 4. The van der Waals surface area contributed by atoms with Crippen molar-refractivity contribution in [2.24, 2.45) is 0 Å². The lowest BCUT2D eigenvalue weighted by atomic mass is 10.1. The van der Waals surface area contributed by atoms with Gasteiger partial charge in [0.2, 0.25) is 0 Å². The Kier molecular flexibility index (Phi) is 8.20. The summed E-state index contributed by atoms with van der Waals surface area (Å²) < 4.78 is 21.2. The van der Waals surface area contributed by atoms with Gasteiger partial charge < -0.3 is 18.9 Å². The van der Waals surface area contributed by atoms with Gasteiger partial charge in [0, 0.05) is 13.5 Å². The van der Waals surface area contributed by atoms with Crippen molar-refractivity contribution in [1.82, 2.24) is 0 Å². The van der Waals surface area contributed by atoms with Gasteiger partial charge in [-0.3, -0.25) is 0 Å². The Bertz CT molecular complexity index is 982. The van der Waals surface area contributed by atoms with Crippen molar-refractivity contribution < 1.29 is 28.5 Å². The molecule has 0 N–H and O–H groups in total. The Balaban J connectivity index is 1.59. The molecule has 0 aromatic heterocycles. The molecular formula is C25H24O6. The zero-order valence-electron chi connectivity index (χ0n) is 17.3. The SMILES string of the molecule is COCCOc1ccc(C(=O)Oc2ccccc2C(=O)OCCc2ccccc2)cc1. The number of methoxy groups -OCH3 is 1.